The van der Waals surface area contributed by atoms with Gasteiger partial charge in [0.2, 0.25) is 5.91 Å². The Morgan fingerprint density at radius 1 is 1.53 bits per heavy atom. The Hall–Kier alpha value is -1.40. The zero-order chi connectivity index (χ0) is 13.1. The lowest BCUT2D eigenvalue weighted by atomic mass is 10.1. The van der Waals surface area contributed by atoms with Crippen LogP contribution < -0.4 is 5.32 Å². The third-order valence-corrected chi connectivity index (χ3v) is 3.76. The van der Waals surface area contributed by atoms with Gasteiger partial charge in [-0.15, -0.1) is 0 Å². The van der Waals surface area contributed by atoms with E-state index in [2.05, 4.69) is 10.4 Å². The summed E-state index contributed by atoms with van der Waals surface area (Å²) in [5.41, 5.74) is 0. The van der Waals surface area contributed by atoms with Gasteiger partial charge in [0.05, 0.1) is 25.3 Å². The number of hydrogen-bond acceptors (Lipinski definition) is 4. The third kappa shape index (κ3) is 2.96. The van der Waals surface area contributed by atoms with Crippen molar-refractivity contribution in [3.63, 3.8) is 0 Å². The van der Waals surface area contributed by atoms with Crippen molar-refractivity contribution < 1.29 is 9.53 Å². The summed E-state index contributed by atoms with van der Waals surface area (Å²) >= 11 is 0. The van der Waals surface area contributed by atoms with Crippen LogP contribution in [0.5, 0.6) is 0 Å². The molecule has 2 aliphatic rings. The largest absolute Gasteiger partial charge is 0.373 e. The highest BCUT2D eigenvalue weighted by Gasteiger charge is 2.30. The highest BCUT2D eigenvalue weighted by Crippen LogP contribution is 2.13. The summed E-state index contributed by atoms with van der Waals surface area (Å²) in [6.45, 7) is 3.64. The van der Waals surface area contributed by atoms with E-state index in [1.807, 2.05) is 21.8 Å². The van der Waals surface area contributed by atoms with E-state index in [1.54, 1.807) is 6.20 Å². The Bertz CT molecular complexity index is 414. The number of carbonyl (C=O) groups is 1. The normalized spacial score (nSPS) is 27.7. The van der Waals surface area contributed by atoms with E-state index in [0.717, 1.165) is 19.4 Å². The van der Waals surface area contributed by atoms with Crippen molar-refractivity contribution in [2.24, 2.45) is 0 Å². The average Bonchev–Trinajstić information content (AvgIpc) is 3.11. The second-order valence-electron chi connectivity index (χ2n) is 5.15. The van der Waals surface area contributed by atoms with Gasteiger partial charge in [-0.1, -0.05) is 0 Å². The van der Waals surface area contributed by atoms with Crippen LogP contribution in [0.4, 0.5) is 0 Å². The summed E-state index contributed by atoms with van der Waals surface area (Å²) in [6, 6.07) is 1.91. The Morgan fingerprint density at radius 2 is 2.47 bits per heavy atom. The van der Waals surface area contributed by atoms with Crippen LogP contribution in [0.15, 0.2) is 18.5 Å². The standard InChI is InChI=1S/C13H20N4O2/c18-13(12-3-1-4-14-12)16-7-8-19-11(9-16)10-17-6-2-5-15-17/h2,5-6,11-12,14H,1,3-4,7-10H2. The van der Waals surface area contributed by atoms with E-state index in [-0.39, 0.29) is 18.1 Å². The van der Waals surface area contributed by atoms with E-state index in [9.17, 15) is 4.79 Å². The molecule has 2 aliphatic heterocycles. The zero-order valence-electron chi connectivity index (χ0n) is 11.0. The van der Waals surface area contributed by atoms with Gasteiger partial charge in [-0.25, -0.2) is 0 Å². The van der Waals surface area contributed by atoms with Crippen molar-refractivity contribution >= 4 is 5.91 Å². The molecule has 2 saturated heterocycles. The van der Waals surface area contributed by atoms with Crippen molar-refractivity contribution in [1.82, 2.24) is 20.0 Å². The number of ether oxygens (including phenoxy) is 1. The molecular formula is C13H20N4O2. The lowest BCUT2D eigenvalue weighted by Crippen LogP contribution is -2.52. The summed E-state index contributed by atoms with van der Waals surface area (Å²) < 4.78 is 7.57. The van der Waals surface area contributed by atoms with Crippen LogP contribution in [-0.4, -0.2) is 59.0 Å². The molecule has 19 heavy (non-hydrogen) atoms. The topological polar surface area (TPSA) is 59.4 Å². The number of amides is 1. The van der Waals surface area contributed by atoms with Gasteiger partial charge in [0.25, 0.3) is 0 Å². The molecule has 0 spiro atoms. The third-order valence-electron chi connectivity index (χ3n) is 3.76. The molecule has 3 rings (SSSR count). The molecule has 1 aromatic rings. The van der Waals surface area contributed by atoms with Crippen LogP contribution in [-0.2, 0) is 16.1 Å². The Morgan fingerprint density at radius 3 is 3.21 bits per heavy atom. The maximum absolute atomic E-state index is 12.3. The number of aromatic nitrogens is 2. The molecule has 1 N–H and O–H groups in total. The van der Waals surface area contributed by atoms with Crippen molar-refractivity contribution in [2.75, 3.05) is 26.2 Å². The Labute approximate surface area is 112 Å². The summed E-state index contributed by atoms with van der Waals surface area (Å²) in [4.78, 5) is 14.3. The van der Waals surface area contributed by atoms with E-state index in [0.29, 0.717) is 26.2 Å². The zero-order valence-corrected chi connectivity index (χ0v) is 11.0. The lowest BCUT2D eigenvalue weighted by molar-refractivity contribution is -0.141. The molecule has 104 valence electrons. The van der Waals surface area contributed by atoms with Crippen LogP contribution in [0.2, 0.25) is 0 Å². The summed E-state index contributed by atoms with van der Waals surface area (Å²) in [7, 11) is 0. The molecule has 2 unspecified atom stereocenters. The van der Waals surface area contributed by atoms with Crippen LogP contribution in [0.3, 0.4) is 0 Å². The molecule has 1 amide bonds. The summed E-state index contributed by atoms with van der Waals surface area (Å²) in [6.07, 6.45) is 5.77. The van der Waals surface area contributed by atoms with Crippen molar-refractivity contribution in [2.45, 2.75) is 31.5 Å². The molecule has 0 aromatic carbocycles. The number of morpholine rings is 1. The fourth-order valence-corrected chi connectivity index (χ4v) is 2.76. The van der Waals surface area contributed by atoms with Gasteiger partial charge in [0.15, 0.2) is 0 Å². The van der Waals surface area contributed by atoms with Crippen LogP contribution in [0.25, 0.3) is 0 Å². The molecule has 2 fully saturated rings. The van der Waals surface area contributed by atoms with Crippen molar-refractivity contribution in [1.29, 1.82) is 0 Å². The van der Waals surface area contributed by atoms with Crippen LogP contribution >= 0.6 is 0 Å². The molecular weight excluding hydrogens is 244 g/mol. The number of rotatable bonds is 3. The minimum atomic E-state index is 0.0171. The van der Waals surface area contributed by atoms with Gasteiger partial charge in [0.1, 0.15) is 0 Å². The van der Waals surface area contributed by atoms with Crippen LogP contribution in [0.1, 0.15) is 12.8 Å². The molecule has 6 heteroatoms. The van der Waals surface area contributed by atoms with Gasteiger partial charge in [-0.05, 0) is 25.5 Å². The first-order chi connectivity index (χ1) is 9.33. The highest BCUT2D eigenvalue weighted by molar-refractivity contribution is 5.82. The number of nitrogens with zero attached hydrogens (tertiary/aromatic N) is 3. The molecule has 3 heterocycles. The van der Waals surface area contributed by atoms with E-state index in [4.69, 9.17) is 4.74 Å². The first kappa shape index (κ1) is 12.6. The summed E-state index contributed by atoms with van der Waals surface area (Å²) in [5.74, 6) is 0.228. The van der Waals surface area contributed by atoms with E-state index < -0.39 is 0 Å². The molecule has 1 aromatic heterocycles. The van der Waals surface area contributed by atoms with E-state index >= 15 is 0 Å². The predicted octanol–water partition coefficient (Wildman–Crippen LogP) is -0.137. The van der Waals surface area contributed by atoms with Crippen molar-refractivity contribution in [3.05, 3.63) is 18.5 Å². The van der Waals surface area contributed by atoms with Gasteiger partial charge in [0, 0.05) is 25.5 Å². The number of carbonyl (C=O) groups excluding carboxylic acids is 1. The fourth-order valence-electron chi connectivity index (χ4n) is 2.76. The SMILES string of the molecule is O=C(C1CCCN1)N1CCOC(Cn2cccn2)C1. The molecule has 0 bridgehead atoms. The van der Waals surface area contributed by atoms with E-state index in [1.165, 1.54) is 0 Å². The fraction of sp³-hybridized carbons (Fsp3) is 0.692. The second kappa shape index (κ2) is 5.71. The Balaban J connectivity index is 1.56. The van der Waals surface area contributed by atoms with Crippen molar-refractivity contribution in [3.8, 4) is 0 Å². The molecule has 2 atom stereocenters. The number of nitrogens with one attached hydrogen (secondary N) is 1. The highest BCUT2D eigenvalue weighted by atomic mass is 16.5. The molecule has 6 nitrogen and oxygen atoms in total. The number of hydrogen-bond donors (Lipinski definition) is 1. The average molecular weight is 264 g/mol. The quantitative estimate of drug-likeness (QED) is 0.826. The first-order valence-electron chi connectivity index (χ1n) is 6.94. The maximum Gasteiger partial charge on any atom is 0.239 e. The van der Waals surface area contributed by atoms with Gasteiger partial charge in [-0.3, -0.25) is 9.48 Å². The molecule has 0 saturated carbocycles. The minimum absolute atomic E-state index is 0.0171. The van der Waals surface area contributed by atoms with Gasteiger partial charge >= 0.3 is 0 Å². The smallest absolute Gasteiger partial charge is 0.239 e. The lowest BCUT2D eigenvalue weighted by Gasteiger charge is -2.34. The monoisotopic (exact) mass is 264 g/mol. The van der Waals surface area contributed by atoms with Gasteiger partial charge < -0.3 is 15.0 Å². The van der Waals surface area contributed by atoms with Gasteiger partial charge in [-0.2, -0.15) is 5.10 Å². The molecule has 0 aliphatic carbocycles. The van der Waals surface area contributed by atoms with Crippen LogP contribution in [0, 0.1) is 0 Å². The second-order valence-corrected chi connectivity index (χ2v) is 5.15. The Kier molecular flexibility index (Phi) is 3.79. The minimum Gasteiger partial charge on any atom is -0.373 e. The maximum atomic E-state index is 12.3. The summed E-state index contributed by atoms with van der Waals surface area (Å²) in [5, 5.41) is 7.44. The first-order valence-corrected chi connectivity index (χ1v) is 6.94. The molecule has 0 radical (unpaired) electrons. The predicted molar refractivity (Wildman–Crippen MR) is 69.6 cm³/mol.